The van der Waals surface area contributed by atoms with Crippen molar-refractivity contribution >= 4 is 11.0 Å². The fourth-order valence-corrected chi connectivity index (χ4v) is 3.52. The molecular weight excluding hydrogens is 258 g/mol. The minimum atomic E-state index is 0.350. The summed E-state index contributed by atoms with van der Waals surface area (Å²) in [6, 6.07) is 13.0. The number of nitrogens with zero attached hydrogens (tertiary/aromatic N) is 2. The Morgan fingerprint density at radius 3 is 2.81 bits per heavy atom. The molecule has 0 fully saturated rings. The van der Waals surface area contributed by atoms with Crippen molar-refractivity contribution in [2.24, 2.45) is 0 Å². The molecule has 106 valence electrons. The molecule has 3 nitrogen and oxygen atoms in total. The smallest absolute Gasteiger partial charge is 0.145 e. The number of aryl methyl sites for hydroxylation is 1. The van der Waals surface area contributed by atoms with Gasteiger partial charge in [0.2, 0.25) is 0 Å². The van der Waals surface area contributed by atoms with Gasteiger partial charge in [0.05, 0.1) is 0 Å². The number of hydrogen-bond acceptors (Lipinski definition) is 2. The summed E-state index contributed by atoms with van der Waals surface area (Å²) < 4.78 is 2.33. The third-order valence-electron chi connectivity index (χ3n) is 4.45. The lowest BCUT2D eigenvalue weighted by Gasteiger charge is -2.23. The lowest BCUT2D eigenvalue weighted by Crippen LogP contribution is -2.29. The monoisotopic (exact) mass is 277 g/mol. The normalized spacial score (nSPS) is 17.9. The van der Waals surface area contributed by atoms with E-state index >= 15 is 0 Å². The second-order valence-electron chi connectivity index (χ2n) is 5.79. The maximum atomic E-state index is 4.69. The molecule has 0 radical (unpaired) electrons. The van der Waals surface area contributed by atoms with Crippen LogP contribution in [0.1, 0.15) is 29.8 Å². The minimum absolute atomic E-state index is 0.350. The average Bonchev–Trinajstić information content (AvgIpc) is 2.85. The molecule has 0 aliphatic carbocycles. The van der Waals surface area contributed by atoms with Crippen LogP contribution in [0.2, 0.25) is 0 Å². The van der Waals surface area contributed by atoms with Crippen molar-refractivity contribution in [2.45, 2.75) is 26.3 Å². The first kappa shape index (κ1) is 12.6. The fraction of sp³-hybridized carbons (Fsp3) is 0.278. The van der Waals surface area contributed by atoms with Crippen molar-refractivity contribution in [3.63, 3.8) is 0 Å². The molecule has 1 N–H and O–H groups in total. The van der Waals surface area contributed by atoms with Crippen molar-refractivity contribution in [1.29, 1.82) is 0 Å². The highest BCUT2D eigenvalue weighted by Gasteiger charge is 2.26. The Bertz CT molecular complexity index is 802. The number of para-hydroxylation sites is 1. The van der Waals surface area contributed by atoms with Gasteiger partial charge in [-0.1, -0.05) is 18.2 Å². The molecule has 1 aromatic carbocycles. The van der Waals surface area contributed by atoms with Crippen LogP contribution in [0, 0.1) is 6.92 Å². The SMILES string of the molecule is Cc1ccnc2c1c1c(n2-c2ccccc2)[C@H](C)NCC1. The van der Waals surface area contributed by atoms with Crippen LogP contribution in [0.15, 0.2) is 42.6 Å². The molecule has 0 unspecified atom stereocenters. The summed E-state index contributed by atoms with van der Waals surface area (Å²) in [6.45, 7) is 5.47. The first-order valence-corrected chi connectivity index (χ1v) is 7.55. The van der Waals surface area contributed by atoms with Gasteiger partial charge in [0.15, 0.2) is 0 Å². The fourth-order valence-electron chi connectivity index (χ4n) is 3.52. The van der Waals surface area contributed by atoms with Crippen molar-refractivity contribution in [3.8, 4) is 5.69 Å². The largest absolute Gasteiger partial charge is 0.309 e. The number of fused-ring (bicyclic) bond motifs is 3. The van der Waals surface area contributed by atoms with E-state index in [0.29, 0.717) is 6.04 Å². The summed E-state index contributed by atoms with van der Waals surface area (Å²) in [5.74, 6) is 0. The Hall–Kier alpha value is -2.13. The van der Waals surface area contributed by atoms with E-state index in [1.807, 2.05) is 6.20 Å². The van der Waals surface area contributed by atoms with Crippen LogP contribution in [-0.2, 0) is 6.42 Å². The van der Waals surface area contributed by atoms with Crippen LogP contribution < -0.4 is 5.32 Å². The lowest BCUT2D eigenvalue weighted by molar-refractivity contribution is 0.523. The number of rotatable bonds is 1. The van der Waals surface area contributed by atoms with Crippen LogP contribution in [-0.4, -0.2) is 16.1 Å². The van der Waals surface area contributed by atoms with Gasteiger partial charge in [-0.2, -0.15) is 0 Å². The first-order chi connectivity index (χ1) is 10.3. The quantitative estimate of drug-likeness (QED) is 0.737. The Labute approximate surface area is 124 Å². The number of benzene rings is 1. The molecule has 1 aliphatic rings. The maximum Gasteiger partial charge on any atom is 0.145 e. The lowest BCUT2D eigenvalue weighted by atomic mass is 9.99. The molecule has 4 rings (SSSR count). The van der Waals surface area contributed by atoms with Crippen molar-refractivity contribution in [2.75, 3.05) is 6.54 Å². The summed E-state index contributed by atoms with van der Waals surface area (Å²) in [4.78, 5) is 4.69. The third-order valence-corrected chi connectivity index (χ3v) is 4.45. The zero-order chi connectivity index (χ0) is 14.4. The Morgan fingerprint density at radius 1 is 1.19 bits per heavy atom. The van der Waals surface area contributed by atoms with Gasteiger partial charge in [-0.3, -0.25) is 4.57 Å². The predicted molar refractivity (Wildman–Crippen MR) is 85.9 cm³/mol. The van der Waals surface area contributed by atoms with Gasteiger partial charge < -0.3 is 5.32 Å². The standard InChI is InChI=1S/C18H19N3/c1-12-8-10-20-18-16(12)15-9-11-19-13(2)17(15)21(18)14-6-4-3-5-7-14/h3-8,10,13,19H,9,11H2,1-2H3/t13-/m0/s1. The van der Waals surface area contributed by atoms with Gasteiger partial charge >= 0.3 is 0 Å². The molecule has 1 aliphatic heterocycles. The molecule has 3 heteroatoms. The molecule has 21 heavy (non-hydrogen) atoms. The summed E-state index contributed by atoms with van der Waals surface area (Å²) in [7, 11) is 0. The zero-order valence-corrected chi connectivity index (χ0v) is 12.4. The van der Waals surface area contributed by atoms with E-state index < -0.39 is 0 Å². The van der Waals surface area contributed by atoms with E-state index in [1.54, 1.807) is 0 Å². The second-order valence-corrected chi connectivity index (χ2v) is 5.79. The van der Waals surface area contributed by atoms with E-state index in [4.69, 9.17) is 4.98 Å². The van der Waals surface area contributed by atoms with Gasteiger partial charge in [-0.15, -0.1) is 0 Å². The van der Waals surface area contributed by atoms with Crippen LogP contribution >= 0.6 is 0 Å². The van der Waals surface area contributed by atoms with Gasteiger partial charge in [-0.05, 0) is 56.1 Å². The van der Waals surface area contributed by atoms with Crippen LogP contribution in [0.5, 0.6) is 0 Å². The predicted octanol–water partition coefficient (Wildman–Crippen LogP) is 3.54. The molecule has 0 amide bonds. The molecule has 0 bridgehead atoms. The average molecular weight is 277 g/mol. The Kier molecular flexibility index (Phi) is 2.82. The third kappa shape index (κ3) is 1.81. The van der Waals surface area contributed by atoms with E-state index in [0.717, 1.165) is 18.6 Å². The molecule has 2 aromatic heterocycles. The van der Waals surface area contributed by atoms with Crippen molar-refractivity contribution < 1.29 is 0 Å². The summed E-state index contributed by atoms with van der Waals surface area (Å²) in [5.41, 5.74) is 6.43. The number of pyridine rings is 1. The molecule has 3 heterocycles. The topological polar surface area (TPSA) is 29.9 Å². The first-order valence-electron chi connectivity index (χ1n) is 7.55. The molecule has 3 aromatic rings. The highest BCUT2D eigenvalue weighted by atomic mass is 15.1. The van der Waals surface area contributed by atoms with Gasteiger partial charge in [0.1, 0.15) is 5.65 Å². The second kappa shape index (κ2) is 4.71. The highest BCUT2D eigenvalue weighted by molar-refractivity contribution is 5.87. The van der Waals surface area contributed by atoms with Crippen LogP contribution in [0.25, 0.3) is 16.7 Å². The van der Waals surface area contributed by atoms with E-state index in [-0.39, 0.29) is 0 Å². The van der Waals surface area contributed by atoms with E-state index in [9.17, 15) is 0 Å². The molecule has 0 spiro atoms. The number of aromatic nitrogens is 2. The van der Waals surface area contributed by atoms with Crippen LogP contribution in [0.4, 0.5) is 0 Å². The molecule has 0 saturated heterocycles. The van der Waals surface area contributed by atoms with Gasteiger partial charge in [-0.25, -0.2) is 4.98 Å². The van der Waals surface area contributed by atoms with Crippen LogP contribution in [0.3, 0.4) is 0 Å². The van der Waals surface area contributed by atoms with Gasteiger partial charge in [0, 0.05) is 29.0 Å². The molecule has 0 saturated carbocycles. The zero-order valence-electron chi connectivity index (χ0n) is 12.4. The van der Waals surface area contributed by atoms with Crippen molar-refractivity contribution in [3.05, 3.63) is 59.4 Å². The summed E-state index contributed by atoms with van der Waals surface area (Å²) in [5, 5.41) is 4.92. The Morgan fingerprint density at radius 2 is 2.00 bits per heavy atom. The summed E-state index contributed by atoms with van der Waals surface area (Å²) >= 11 is 0. The van der Waals surface area contributed by atoms with E-state index in [2.05, 4.69) is 60.1 Å². The van der Waals surface area contributed by atoms with Crippen molar-refractivity contribution in [1.82, 2.24) is 14.9 Å². The minimum Gasteiger partial charge on any atom is -0.309 e. The summed E-state index contributed by atoms with van der Waals surface area (Å²) in [6.07, 6.45) is 2.99. The highest BCUT2D eigenvalue weighted by Crippen LogP contribution is 2.35. The number of hydrogen-bond donors (Lipinski definition) is 1. The molecule has 1 atom stereocenters. The Balaban J connectivity index is 2.15. The molecular formula is C18H19N3. The van der Waals surface area contributed by atoms with E-state index in [1.165, 1.54) is 27.9 Å². The van der Waals surface area contributed by atoms with Gasteiger partial charge in [0.25, 0.3) is 0 Å². The number of nitrogens with one attached hydrogen (secondary N) is 1. The maximum absolute atomic E-state index is 4.69.